The van der Waals surface area contributed by atoms with E-state index in [0.717, 1.165) is 5.57 Å². The van der Waals surface area contributed by atoms with Gasteiger partial charge in [-0.3, -0.25) is 23.6 Å². The summed E-state index contributed by atoms with van der Waals surface area (Å²) in [6.45, 7) is 10.6. The van der Waals surface area contributed by atoms with E-state index in [4.69, 9.17) is 28.0 Å². The zero-order valence-electron chi connectivity index (χ0n) is 33.1. The molecule has 6 rings (SSSR count). The topological polar surface area (TPSA) is 223 Å². The van der Waals surface area contributed by atoms with Crippen molar-refractivity contribution >= 4 is 58.7 Å². The molecule has 21 heteroatoms. The number of hydrogen-bond acceptors (Lipinski definition) is 14. The predicted molar refractivity (Wildman–Crippen MR) is 223 cm³/mol. The first-order chi connectivity index (χ1) is 28.1. The van der Waals surface area contributed by atoms with E-state index in [9.17, 15) is 31.9 Å². The van der Waals surface area contributed by atoms with Crippen molar-refractivity contribution in [3.05, 3.63) is 59.7 Å². The highest BCUT2D eigenvalue weighted by atomic mass is 32.2. The molecule has 2 fully saturated rings. The van der Waals surface area contributed by atoms with E-state index in [1.54, 1.807) is 17.9 Å². The van der Waals surface area contributed by atoms with Gasteiger partial charge in [0.15, 0.2) is 28.4 Å². The van der Waals surface area contributed by atoms with Gasteiger partial charge < -0.3 is 48.5 Å². The predicted octanol–water partition coefficient (Wildman–Crippen LogP) is 4.78. The lowest BCUT2D eigenvalue weighted by Crippen LogP contribution is -2.47. The molecule has 0 aliphatic carbocycles. The maximum absolute atomic E-state index is 14.1. The van der Waals surface area contributed by atoms with Crippen molar-refractivity contribution in [2.45, 2.75) is 43.6 Å². The number of carbonyl (C=O) groups excluding carboxylic acids is 3. The van der Waals surface area contributed by atoms with Crippen molar-refractivity contribution in [3.63, 3.8) is 0 Å². The molecule has 0 aromatic heterocycles. The Kier molecular flexibility index (Phi) is 13.8. The molecule has 4 aliphatic heterocycles. The summed E-state index contributed by atoms with van der Waals surface area (Å²) in [7, 11) is -5.29. The van der Waals surface area contributed by atoms with Crippen LogP contribution in [0.1, 0.15) is 46.9 Å². The van der Waals surface area contributed by atoms with Gasteiger partial charge >= 0.3 is 6.03 Å². The van der Waals surface area contributed by atoms with E-state index in [0.29, 0.717) is 55.0 Å². The van der Waals surface area contributed by atoms with Crippen LogP contribution in [0.3, 0.4) is 0 Å². The van der Waals surface area contributed by atoms with Crippen LogP contribution in [0.5, 0.6) is 23.0 Å². The third-order valence-electron chi connectivity index (χ3n) is 10.5. The standard InChI is InChI=1S/C38H50N5O13PS2/c1-6-56-57(47,11-9-54-33-18-28-26(16-31(33)52-4)36(44)42-21-24(3)15-30(42)35(40-28)59(49,50)51)12-10-55-34-19-29-27(17-32(34)53-5)37(45)41-20-23(2)14-25(41)22-43(29)38(46)39-8-7-13-58-48/h16-19,25,30,35,40,48H,2-3,6-15,20-22H2,1,4-5H3,(H,39,46)(H,49,50,51)/t25-,30-,35?,57?/m0/s1. The normalized spacial score (nSPS) is 21.0. The van der Waals surface area contributed by atoms with Gasteiger partial charge in [-0.2, -0.15) is 8.42 Å². The molecule has 0 saturated carbocycles. The largest absolute Gasteiger partial charge is 0.493 e. The molecular weight excluding hydrogens is 830 g/mol. The van der Waals surface area contributed by atoms with Crippen LogP contribution in [0.25, 0.3) is 0 Å². The third kappa shape index (κ3) is 9.63. The first-order valence-corrected chi connectivity index (χ1v) is 23.5. The monoisotopic (exact) mass is 879 g/mol. The number of anilines is 2. The Morgan fingerprint density at radius 3 is 2.19 bits per heavy atom. The molecule has 2 unspecified atom stereocenters. The Labute approximate surface area is 347 Å². The van der Waals surface area contributed by atoms with E-state index in [-0.39, 0.29) is 103 Å². The lowest BCUT2D eigenvalue weighted by Gasteiger charge is -2.26. The fourth-order valence-electron chi connectivity index (χ4n) is 7.77. The smallest absolute Gasteiger partial charge is 0.321 e. The van der Waals surface area contributed by atoms with Crippen molar-refractivity contribution in [1.29, 1.82) is 0 Å². The average molecular weight is 880 g/mol. The number of methoxy groups -OCH3 is 2. The van der Waals surface area contributed by atoms with Crippen molar-refractivity contribution in [2.24, 2.45) is 0 Å². The summed E-state index contributed by atoms with van der Waals surface area (Å²) in [6.07, 6.45) is 1.15. The lowest BCUT2D eigenvalue weighted by atomic mass is 10.1. The summed E-state index contributed by atoms with van der Waals surface area (Å²) in [6, 6.07) is 4.34. The van der Waals surface area contributed by atoms with Crippen LogP contribution in [0.2, 0.25) is 0 Å². The van der Waals surface area contributed by atoms with Gasteiger partial charge in [0, 0.05) is 44.1 Å². The van der Waals surface area contributed by atoms with Crippen molar-refractivity contribution in [3.8, 4) is 23.0 Å². The van der Waals surface area contributed by atoms with Gasteiger partial charge in [-0.25, -0.2) is 4.79 Å². The Morgan fingerprint density at radius 2 is 1.56 bits per heavy atom. The summed E-state index contributed by atoms with van der Waals surface area (Å²) < 4.78 is 87.3. The summed E-state index contributed by atoms with van der Waals surface area (Å²) >= 11 is 0.688. The maximum atomic E-state index is 14.1. The van der Waals surface area contributed by atoms with Gasteiger partial charge in [0.1, 0.15) is 0 Å². The summed E-state index contributed by atoms with van der Waals surface area (Å²) in [5.41, 5.74) is 2.32. The molecule has 4 atom stereocenters. The molecule has 322 valence electrons. The highest BCUT2D eigenvalue weighted by Crippen LogP contribution is 2.48. The molecule has 4 amide bonds. The van der Waals surface area contributed by atoms with Crippen molar-refractivity contribution < 1.29 is 59.9 Å². The minimum absolute atomic E-state index is 0.0513. The van der Waals surface area contributed by atoms with Gasteiger partial charge in [-0.05, 0) is 50.4 Å². The minimum atomic E-state index is -4.66. The second kappa shape index (κ2) is 18.4. The van der Waals surface area contributed by atoms with Gasteiger partial charge in [-0.15, -0.1) is 0 Å². The van der Waals surface area contributed by atoms with Crippen molar-refractivity contribution in [1.82, 2.24) is 15.1 Å². The molecule has 18 nitrogen and oxygen atoms in total. The van der Waals surface area contributed by atoms with Crippen LogP contribution in [-0.4, -0.2) is 141 Å². The fraction of sp³-hybridized carbons (Fsp3) is 0.500. The van der Waals surface area contributed by atoms with Crippen LogP contribution in [0.15, 0.2) is 48.6 Å². The Hall–Kier alpha value is -4.46. The zero-order valence-corrected chi connectivity index (χ0v) is 35.7. The molecular formula is C38H50N5O13PS2. The van der Waals surface area contributed by atoms with Gasteiger partial charge in [0.25, 0.3) is 21.9 Å². The number of rotatable bonds is 17. The molecule has 4 N–H and O–H groups in total. The Bertz CT molecular complexity index is 2150. The summed E-state index contributed by atoms with van der Waals surface area (Å²) in [4.78, 5) is 45.6. The zero-order chi connectivity index (χ0) is 42.6. The molecule has 2 aromatic rings. The highest BCUT2D eigenvalue weighted by molar-refractivity contribution is 7.93. The second-order valence-corrected chi connectivity index (χ2v) is 19.5. The molecule has 4 heterocycles. The van der Waals surface area contributed by atoms with E-state index in [1.165, 1.54) is 42.2 Å². The molecule has 0 spiro atoms. The van der Waals surface area contributed by atoms with Gasteiger partial charge in [-0.1, -0.05) is 24.3 Å². The summed E-state index contributed by atoms with van der Waals surface area (Å²) in [5, 5.41) is 4.16. The minimum Gasteiger partial charge on any atom is -0.493 e. The van der Waals surface area contributed by atoms with Crippen LogP contribution in [0, 0.1) is 0 Å². The molecule has 2 aromatic carbocycles. The number of amides is 4. The van der Waals surface area contributed by atoms with E-state index < -0.39 is 40.8 Å². The van der Waals surface area contributed by atoms with E-state index in [1.807, 2.05) is 0 Å². The Morgan fingerprint density at radius 1 is 0.949 bits per heavy atom. The molecule has 2 saturated heterocycles. The first-order valence-electron chi connectivity index (χ1n) is 19.0. The van der Waals surface area contributed by atoms with Gasteiger partial charge in [0.05, 0.1) is 80.9 Å². The number of hydrogen-bond donors (Lipinski definition) is 4. The van der Waals surface area contributed by atoms with Crippen LogP contribution < -0.4 is 34.5 Å². The first kappa shape index (κ1) is 44.1. The average Bonchev–Trinajstić information content (AvgIpc) is 3.71. The van der Waals surface area contributed by atoms with Crippen LogP contribution in [0.4, 0.5) is 16.2 Å². The second-order valence-electron chi connectivity index (χ2n) is 14.6. The highest BCUT2D eigenvalue weighted by Gasteiger charge is 2.46. The number of nitrogens with one attached hydrogen (secondary N) is 2. The third-order valence-corrected chi connectivity index (χ3v) is 14.6. The lowest BCUT2D eigenvalue weighted by molar-refractivity contribution is 0.0740. The fourth-order valence-corrected chi connectivity index (χ4v) is 10.7. The maximum Gasteiger partial charge on any atom is 0.321 e. The van der Waals surface area contributed by atoms with Crippen molar-refractivity contribution in [2.75, 3.05) is 88.5 Å². The molecule has 59 heavy (non-hydrogen) atoms. The molecule has 0 radical (unpaired) electrons. The number of ether oxygens (including phenoxy) is 4. The molecule has 0 bridgehead atoms. The summed E-state index contributed by atoms with van der Waals surface area (Å²) in [5.74, 6) is 0.426. The van der Waals surface area contributed by atoms with Crippen LogP contribution in [-0.2, 0) is 19.2 Å². The number of urea groups is 1. The van der Waals surface area contributed by atoms with Gasteiger partial charge in [0.2, 0.25) is 7.37 Å². The quantitative estimate of drug-likeness (QED) is 0.0552. The number of carbonyl (C=O) groups is 3. The van der Waals surface area contributed by atoms with E-state index >= 15 is 0 Å². The SMILES string of the molecule is C=C1C[C@H]2CN(C(=O)NCCCSO)c3cc(OCCP(=O)(CCOc4cc5c(cc4OC)C(=O)N4CC(=C)C[C@H]4C(S(=O)(=O)O)N5)OCC)c(OC)cc3C(=O)N2C1. The van der Waals surface area contributed by atoms with E-state index in [2.05, 4.69) is 23.8 Å². The number of benzene rings is 2. The van der Waals surface area contributed by atoms with Crippen LogP contribution >= 0.6 is 19.4 Å². The number of fused-ring (bicyclic) bond motifs is 4. The molecule has 4 aliphatic rings. The Balaban J connectivity index is 1.17. The number of nitrogens with zero attached hydrogens (tertiary/aromatic N) is 3.